The molecule has 3 rings (SSSR count). The van der Waals surface area contributed by atoms with Crippen molar-refractivity contribution in [2.75, 3.05) is 19.7 Å². The molecule has 134 valence electrons. The number of hydrogen-bond donors (Lipinski definition) is 1. The lowest BCUT2D eigenvalue weighted by Crippen LogP contribution is -2.38. The van der Waals surface area contributed by atoms with Gasteiger partial charge >= 0.3 is 0 Å². The molecule has 2 aromatic rings. The van der Waals surface area contributed by atoms with Crippen LogP contribution in [0.5, 0.6) is 5.75 Å². The Balaban J connectivity index is 1.43. The largest absolute Gasteiger partial charge is 0.493 e. The van der Waals surface area contributed by atoms with Gasteiger partial charge in [0.05, 0.1) is 24.2 Å². The molecular formula is C19H17ClN2O4. The van der Waals surface area contributed by atoms with E-state index in [1.165, 1.54) is 12.1 Å². The van der Waals surface area contributed by atoms with Gasteiger partial charge in [0.2, 0.25) is 5.91 Å². The quantitative estimate of drug-likeness (QED) is 0.758. The molecule has 0 radical (unpaired) electrons. The van der Waals surface area contributed by atoms with Crippen molar-refractivity contribution in [3.05, 3.63) is 64.7 Å². The fraction of sp³-hybridized carbons (Fsp3) is 0.211. The van der Waals surface area contributed by atoms with Gasteiger partial charge in [-0.05, 0) is 30.3 Å². The molecule has 0 saturated carbocycles. The van der Waals surface area contributed by atoms with Crippen molar-refractivity contribution < 1.29 is 19.1 Å². The van der Waals surface area contributed by atoms with Crippen LogP contribution in [0.25, 0.3) is 0 Å². The van der Waals surface area contributed by atoms with Crippen LogP contribution < -0.4 is 10.1 Å². The maximum Gasteiger partial charge on any atom is 0.261 e. The first-order valence-electron chi connectivity index (χ1n) is 8.16. The molecule has 0 fully saturated rings. The van der Waals surface area contributed by atoms with Gasteiger partial charge in [0.15, 0.2) is 0 Å². The van der Waals surface area contributed by atoms with Gasteiger partial charge in [-0.25, -0.2) is 0 Å². The van der Waals surface area contributed by atoms with E-state index in [0.717, 1.165) is 4.90 Å². The summed E-state index contributed by atoms with van der Waals surface area (Å²) < 4.78 is 5.45. The lowest BCUT2D eigenvalue weighted by Gasteiger charge is -2.14. The van der Waals surface area contributed by atoms with E-state index in [4.69, 9.17) is 16.3 Å². The molecule has 6 nitrogen and oxygen atoms in total. The van der Waals surface area contributed by atoms with Gasteiger partial charge < -0.3 is 10.1 Å². The van der Waals surface area contributed by atoms with E-state index < -0.39 is 5.91 Å². The van der Waals surface area contributed by atoms with Gasteiger partial charge in [-0.15, -0.1) is 0 Å². The predicted octanol–water partition coefficient (Wildman–Crippen LogP) is 2.52. The highest BCUT2D eigenvalue weighted by Gasteiger charge is 2.35. The summed E-state index contributed by atoms with van der Waals surface area (Å²) in [7, 11) is 0. The van der Waals surface area contributed by atoms with Gasteiger partial charge in [-0.2, -0.15) is 0 Å². The van der Waals surface area contributed by atoms with Gasteiger partial charge in [0.1, 0.15) is 5.75 Å². The first kappa shape index (κ1) is 17.9. The minimum Gasteiger partial charge on any atom is -0.493 e. The third-order valence-corrected chi connectivity index (χ3v) is 4.17. The second-order valence-electron chi connectivity index (χ2n) is 5.71. The Morgan fingerprint density at radius 2 is 1.77 bits per heavy atom. The lowest BCUT2D eigenvalue weighted by molar-refractivity contribution is -0.121. The Kier molecular flexibility index (Phi) is 5.53. The molecule has 0 bridgehead atoms. The number of rotatable bonds is 7. The summed E-state index contributed by atoms with van der Waals surface area (Å²) in [6.07, 6.45) is 0.187. The summed E-state index contributed by atoms with van der Waals surface area (Å²) in [5, 5.41) is 3.09. The predicted molar refractivity (Wildman–Crippen MR) is 96.4 cm³/mol. The van der Waals surface area contributed by atoms with E-state index in [1.54, 1.807) is 6.07 Å². The number of carbonyl (C=O) groups excluding carboxylic acids is 3. The number of benzene rings is 2. The van der Waals surface area contributed by atoms with Crippen molar-refractivity contribution in [3.63, 3.8) is 0 Å². The van der Waals surface area contributed by atoms with Crippen LogP contribution in [0.4, 0.5) is 0 Å². The number of nitrogens with zero attached hydrogens (tertiary/aromatic N) is 1. The minimum atomic E-state index is -0.394. The van der Waals surface area contributed by atoms with Crippen molar-refractivity contribution in [2.24, 2.45) is 0 Å². The zero-order valence-electron chi connectivity index (χ0n) is 13.9. The topological polar surface area (TPSA) is 75.7 Å². The number of halogens is 1. The van der Waals surface area contributed by atoms with Crippen LogP contribution in [0, 0.1) is 0 Å². The van der Waals surface area contributed by atoms with Gasteiger partial charge in [0.25, 0.3) is 11.8 Å². The van der Waals surface area contributed by atoms with Crippen molar-refractivity contribution in [2.45, 2.75) is 6.42 Å². The second kappa shape index (κ2) is 8.01. The van der Waals surface area contributed by atoms with Crippen LogP contribution in [0.2, 0.25) is 5.02 Å². The Morgan fingerprint density at radius 1 is 1.04 bits per heavy atom. The van der Waals surface area contributed by atoms with Crippen LogP contribution >= 0.6 is 11.6 Å². The summed E-state index contributed by atoms with van der Waals surface area (Å²) in [5.41, 5.74) is 0.632. The lowest BCUT2D eigenvalue weighted by atomic mass is 10.1. The van der Waals surface area contributed by atoms with Gasteiger partial charge in [-0.3, -0.25) is 19.3 Å². The summed E-state index contributed by atoms with van der Waals surface area (Å²) in [4.78, 5) is 37.5. The van der Waals surface area contributed by atoms with E-state index in [0.29, 0.717) is 21.9 Å². The molecule has 26 heavy (non-hydrogen) atoms. The number of hydrogen-bond acceptors (Lipinski definition) is 4. The summed E-state index contributed by atoms with van der Waals surface area (Å²) in [6.45, 7) is 0.542. The Labute approximate surface area is 155 Å². The van der Waals surface area contributed by atoms with Crippen LogP contribution in [0.15, 0.2) is 48.5 Å². The van der Waals surface area contributed by atoms with Gasteiger partial charge in [-0.1, -0.05) is 29.8 Å². The fourth-order valence-corrected chi connectivity index (χ4v) is 2.81. The van der Waals surface area contributed by atoms with Crippen molar-refractivity contribution in [1.82, 2.24) is 10.2 Å². The van der Waals surface area contributed by atoms with E-state index >= 15 is 0 Å². The minimum absolute atomic E-state index is 0.106. The molecule has 7 heteroatoms. The fourth-order valence-electron chi connectivity index (χ4n) is 2.64. The second-order valence-corrected chi connectivity index (χ2v) is 6.15. The monoisotopic (exact) mass is 372 g/mol. The molecule has 1 aliphatic heterocycles. The molecule has 2 aromatic carbocycles. The maximum absolute atomic E-state index is 12.3. The van der Waals surface area contributed by atoms with Crippen LogP contribution in [0.3, 0.4) is 0 Å². The van der Waals surface area contributed by atoms with E-state index in [-0.39, 0.29) is 37.9 Å². The number of carbonyl (C=O) groups is 3. The molecule has 0 aromatic heterocycles. The number of ether oxygens (including phenoxy) is 1. The van der Waals surface area contributed by atoms with Crippen molar-refractivity contribution in [1.29, 1.82) is 0 Å². The van der Waals surface area contributed by atoms with Crippen LogP contribution in [-0.2, 0) is 4.79 Å². The zero-order valence-corrected chi connectivity index (χ0v) is 14.7. The smallest absolute Gasteiger partial charge is 0.261 e. The molecule has 3 amide bonds. The Bertz CT molecular complexity index is 839. The third kappa shape index (κ3) is 4.03. The van der Waals surface area contributed by atoms with E-state index in [1.807, 2.05) is 30.3 Å². The highest BCUT2D eigenvalue weighted by atomic mass is 35.5. The number of fused-ring (bicyclic) bond motifs is 1. The third-order valence-electron chi connectivity index (χ3n) is 3.93. The van der Waals surface area contributed by atoms with E-state index in [2.05, 4.69) is 5.32 Å². The summed E-state index contributed by atoms with van der Waals surface area (Å²) in [5.74, 6) is -0.275. The van der Waals surface area contributed by atoms with E-state index in [9.17, 15) is 14.4 Å². The van der Waals surface area contributed by atoms with Crippen LogP contribution in [0.1, 0.15) is 27.1 Å². The number of nitrogens with one attached hydrogen (secondary N) is 1. The number of para-hydroxylation sites is 1. The molecular weight excluding hydrogens is 356 g/mol. The maximum atomic E-state index is 12.3. The van der Waals surface area contributed by atoms with Crippen molar-refractivity contribution >= 4 is 29.3 Å². The average molecular weight is 373 g/mol. The zero-order chi connectivity index (χ0) is 18.5. The molecule has 0 atom stereocenters. The highest BCUT2D eigenvalue weighted by Crippen LogP contribution is 2.25. The molecule has 0 aliphatic carbocycles. The number of imide groups is 1. The normalized spacial score (nSPS) is 12.9. The standard InChI is InChI=1S/C19H17ClN2O4/c20-13-6-7-15-16(12-13)19(25)22(18(15)24)10-9-21-17(23)8-11-26-14-4-2-1-3-5-14/h1-7,12H,8-11H2,(H,21,23). The molecule has 1 heterocycles. The molecule has 0 unspecified atom stereocenters. The SMILES string of the molecule is O=C(CCOc1ccccc1)NCCN1C(=O)c2ccc(Cl)cc2C1=O. The first-order valence-corrected chi connectivity index (χ1v) is 8.54. The van der Waals surface area contributed by atoms with Crippen molar-refractivity contribution in [3.8, 4) is 5.75 Å². The molecule has 1 aliphatic rings. The van der Waals surface area contributed by atoms with Gasteiger partial charge in [0, 0.05) is 18.1 Å². The number of amides is 3. The Morgan fingerprint density at radius 3 is 2.54 bits per heavy atom. The first-order chi connectivity index (χ1) is 12.6. The molecule has 0 spiro atoms. The highest BCUT2D eigenvalue weighted by molar-refractivity contribution is 6.32. The molecule has 0 saturated heterocycles. The summed E-state index contributed by atoms with van der Waals surface area (Å²) >= 11 is 5.87. The average Bonchev–Trinajstić information content (AvgIpc) is 2.87. The summed E-state index contributed by atoms with van der Waals surface area (Å²) in [6, 6.07) is 13.8. The molecule has 1 N–H and O–H groups in total. The Hall–Kier alpha value is -2.86. The van der Waals surface area contributed by atoms with Crippen LogP contribution in [-0.4, -0.2) is 42.3 Å².